The molecular formula is C42H41NO5S. The van der Waals surface area contributed by atoms with Crippen molar-refractivity contribution in [3.05, 3.63) is 166 Å². The van der Waals surface area contributed by atoms with Crippen LogP contribution in [-0.2, 0) is 34.0 Å². The van der Waals surface area contributed by atoms with E-state index in [2.05, 4.69) is 42.5 Å². The minimum atomic E-state index is -0.891. The second-order valence-corrected chi connectivity index (χ2v) is 13.6. The summed E-state index contributed by atoms with van der Waals surface area (Å²) in [6, 6.07) is 42.7. The first kappa shape index (κ1) is 33.1. The third-order valence-electron chi connectivity index (χ3n) is 8.92. The molecule has 7 rings (SSSR count). The van der Waals surface area contributed by atoms with Gasteiger partial charge in [0.1, 0.15) is 23.5 Å². The molecule has 1 aromatic heterocycles. The van der Waals surface area contributed by atoms with Crippen molar-refractivity contribution in [2.75, 3.05) is 6.61 Å². The summed E-state index contributed by atoms with van der Waals surface area (Å²) >= 11 is 1.51. The standard InChI is InChI=1S/C42H41NO5S/c1-29-21-38(47-27-32-17-9-4-10-18-32)36(24-35(29)41(44)42-43-37-19-11-12-20-40(37)49-42)39-23-33(46-26-31-15-7-3-8-16-31)22-34(48-39)28-45-25-30-13-5-2-6-14-30/h2-21,24,33-34,39,41,44H,22-23,25-28H2,1H3/t33-,34-,39+,41?/m0/s1. The molecule has 2 heterocycles. The average Bonchev–Trinajstić information content (AvgIpc) is 3.59. The molecule has 1 unspecified atom stereocenters. The Morgan fingerprint density at radius 1 is 0.776 bits per heavy atom. The second kappa shape index (κ2) is 15.9. The van der Waals surface area contributed by atoms with E-state index in [0.29, 0.717) is 44.3 Å². The van der Waals surface area contributed by atoms with Crippen molar-refractivity contribution in [2.45, 2.75) is 64.0 Å². The average molecular weight is 672 g/mol. The van der Waals surface area contributed by atoms with Gasteiger partial charge in [0.25, 0.3) is 0 Å². The normalized spacial score (nSPS) is 18.4. The molecule has 1 N–H and O–H groups in total. The first-order chi connectivity index (χ1) is 24.1. The molecule has 49 heavy (non-hydrogen) atoms. The van der Waals surface area contributed by atoms with Crippen molar-refractivity contribution >= 4 is 21.6 Å². The van der Waals surface area contributed by atoms with Crippen molar-refractivity contribution in [1.82, 2.24) is 4.98 Å². The summed E-state index contributed by atoms with van der Waals surface area (Å²) in [5.41, 5.74) is 6.81. The number of ether oxygens (including phenoxy) is 4. The zero-order valence-corrected chi connectivity index (χ0v) is 28.4. The Kier molecular flexibility index (Phi) is 10.8. The van der Waals surface area contributed by atoms with Gasteiger partial charge < -0.3 is 24.1 Å². The van der Waals surface area contributed by atoms with Gasteiger partial charge in [-0.3, -0.25) is 0 Å². The zero-order chi connectivity index (χ0) is 33.4. The molecule has 1 aliphatic heterocycles. The maximum Gasteiger partial charge on any atom is 0.131 e. The summed E-state index contributed by atoms with van der Waals surface area (Å²) < 4.78 is 27.2. The lowest BCUT2D eigenvalue weighted by Crippen LogP contribution is -2.36. The predicted molar refractivity (Wildman–Crippen MR) is 194 cm³/mol. The lowest BCUT2D eigenvalue weighted by molar-refractivity contribution is -0.142. The van der Waals surface area contributed by atoms with Gasteiger partial charge in [-0.15, -0.1) is 11.3 Å². The first-order valence-electron chi connectivity index (χ1n) is 16.9. The van der Waals surface area contributed by atoms with Crippen LogP contribution in [0, 0.1) is 6.92 Å². The Morgan fingerprint density at radius 3 is 2.10 bits per heavy atom. The largest absolute Gasteiger partial charge is 0.489 e. The number of fused-ring (bicyclic) bond motifs is 1. The SMILES string of the molecule is Cc1cc(OCc2ccccc2)c([C@H]2C[C@@H](OCc3ccccc3)C[C@@H](COCc3ccccc3)O2)cc1C(O)c1nc2ccccc2s1. The van der Waals surface area contributed by atoms with E-state index in [9.17, 15) is 5.11 Å². The molecule has 4 atom stereocenters. The van der Waals surface area contributed by atoms with E-state index in [0.717, 1.165) is 49.3 Å². The van der Waals surface area contributed by atoms with Crippen LogP contribution in [0.5, 0.6) is 5.75 Å². The van der Waals surface area contributed by atoms with Gasteiger partial charge in [-0.2, -0.15) is 0 Å². The van der Waals surface area contributed by atoms with E-state index in [-0.39, 0.29) is 18.3 Å². The van der Waals surface area contributed by atoms with Crippen molar-refractivity contribution in [2.24, 2.45) is 0 Å². The fourth-order valence-electron chi connectivity index (χ4n) is 6.35. The van der Waals surface area contributed by atoms with Crippen LogP contribution in [0.3, 0.4) is 0 Å². The van der Waals surface area contributed by atoms with Gasteiger partial charge >= 0.3 is 0 Å². The minimum absolute atomic E-state index is 0.0646. The van der Waals surface area contributed by atoms with E-state index >= 15 is 0 Å². The van der Waals surface area contributed by atoms with Gasteiger partial charge in [-0.05, 0) is 59.0 Å². The van der Waals surface area contributed by atoms with Crippen molar-refractivity contribution in [1.29, 1.82) is 0 Å². The maximum absolute atomic E-state index is 11.8. The lowest BCUT2D eigenvalue weighted by atomic mass is 9.91. The van der Waals surface area contributed by atoms with Crippen molar-refractivity contribution in [3.8, 4) is 5.75 Å². The van der Waals surface area contributed by atoms with Gasteiger partial charge in [0.15, 0.2) is 0 Å². The van der Waals surface area contributed by atoms with Crippen molar-refractivity contribution in [3.63, 3.8) is 0 Å². The molecule has 7 heteroatoms. The predicted octanol–water partition coefficient (Wildman–Crippen LogP) is 9.29. The number of benzene rings is 5. The third kappa shape index (κ3) is 8.44. The number of hydrogen-bond acceptors (Lipinski definition) is 7. The molecule has 0 saturated carbocycles. The highest BCUT2D eigenvalue weighted by Crippen LogP contribution is 2.42. The molecule has 0 amide bonds. The molecule has 0 bridgehead atoms. The van der Waals surface area contributed by atoms with E-state index < -0.39 is 6.10 Å². The van der Waals surface area contributed by atoms with Gasteiger partial charge in [0.05, 0.1) is 48.3 Å². The Hall–Kier alpha value is -4.37. The highest BCUT2D eigenvalue weighted by atomic mass is 32.1. The molecule has 0 aliphatic carbocycles. The summed E-state index contributed by atoms with van der Waals surface area (Å²) in [6.45, 7) is 3.89. The lowest BCUT2D eigenvalue weighted by Gasteiger charge is -2.36. The number of para-hydroxylation sites is 1. The van der Waals surface area contributed by atoms with Gasteiger partial charge in [0.2, 0.25) is 0 Å². The molecule has 1 saturated heterocycles. The summed E-state index contributed by atoms with van der Waals surface area (Å²) in [4.78, 5) is 4.78. The molecule has 0 radical (unpaired) electrons. The summed E-state index contributed by atoms with van der Waals surface area (Å²) in [5, 5.41) is 12.4. The van der Waals surface area contributed by atoms with E-state index in [4.69, 9.17) is 23.9 Å². The number of thiazole rings is 1. The molecule has 5 aromatic carbocycles. The topological polar surface area (TPSA) is 70.0 Å². The van der Waals surface area contributed by atoms with Crippen LogP contribution in [0.15, 0.2) is 127 Å². The zero-order valence-electron chi connectivity index (χ0n) is 27.6. The Morgan fingerprint density at radius 2 is 1.41 bits per heavy atom. The van der Waals surface area contributed by atoms with E-state index in [1.54, 1.807) is 0 Å². The minimum Gasteiger partial charge on any atom is -0.489 e. The smallest absolute Gasteiger partial charge is 0.131 e. The van der Waals surface area contributed by atoms with Gasteiger partial charge in [-0.1, -0.05) is 103 Å². The molecular weight excluding hydrogens is 631 g/mol. The Balaban J connectivity index is 1.19. The van der Waals surface area contributed by atoms with Crippen LogP contribution < -0.4 is 4.74 Å². The van der Waals surface area contributed by atoms with Crippen LogP contribution >= 0.6 is 11.3 Å². The maximum atomic E-state index is 11.8. The van der Waals surface area contributed by atoms with Crippen LogP contribution in [-0.4, -0.2) is 28.9 Å². The van der Waals surface area contributed by atoms with Crippen LogP contribution in [0.1, 0.15) is 63.4 Å². The van der Waals surface area contributed by atoms with Crippen LogP contribution in [0.25, 0.3) is 10.2 Å². The summed E-state index contributed by atoms with van der Waals surface area (Å²) in [5.74, 6) is 0.735. The van der Waals surface area contributed by atoms with Gasteiger partial charge in [-0.25, -0.2) is 4.98 Å². The monoisotopic (exact) mass is 671 g/mol. The molecule has 1 aliphatic rings. The second-order valence-electron chi connectivity index (χ2n) is 12.6. The number of aryl methyl sites for hydroxylation is 1. The molecule has 6 nitrogen and oxygen atoms in total. The van der Waals surface area contributed by atoms with Crippen LogP contribution in [0.2, 0.25) is 0 Å². The Bertz CT molecular complexity index is 1900. The van der Waals surface area contributed by atoms with Crippen LogP contribution in [0.4, 0.5) is 0 Å². The number of hydrogen-bond donors (Lipinski definition) is 1. The molecule has 0 spiro atoms. The molecule has 250 valence electrons. The fourth-order valence-corrected chi connectivity index (χ4v) is 7.32. The third-order valence-corrected chi connectivity index (χ3v) is 10.0. The number of aliphatic hydroxyl groups is 1. The van der Waals surface area contributed by atoms with E-state index in [1.165, 1.54) is 11.3 Å². The summed E-state index contributed by atoms with van der Waals surface area (Å²) in [7, 11) is 0. The Labute approximate surface area is 291 Å². The quantitative estimate of drug-likeness (QED) is 0.132. The molecule has 1 fully saturated rings. The number of aromatic nitrogens is 1. The number of rotatable bonds is 13. The fraction of sp³-hybridized carbons (Fsp3) is 0.262. The van der Waals surface area contributed by atoms with Gasteiger partial charge in [0, 0.05) is 18.4 Å². The molecule has 6 aromatic rings. The number of nitrogens with zero attached hydrogens (tertiary/aromatic N) is 1. The number of aliphatic hydroxyl groups excluding tert-OH is 1. The van der Waals surface area contributed by atoms with Crippen molar-refractivity contribution < 1.29 is 24.1 Å². The highest BCUT2D eigenvalue weighted by molar-refractivity contribution is 7.18. The summed E-state index contributed by atoms with van der Waals surface area (Å²) in [6.07, 6.45) is -0.130. The van der Waals surface area contributed by atoms with E-state index in [1.807, 2.05) is 91.9 Å². The first-order valence-corrected chi connectivity index (χ1v) is 17.7. The highest BCUT2D eigenvalue weighted by Gasteiger charge is 2.34.